The molecule has 4 rings (SSSR count). The second-order valence-electron chi connectivity index (χ2n) is 5.71. The fourth-order valence-corrected chi connectivity index (χ4v) is 3.11. The lowest BCUT2D eigenvalue weighted by Gasteiger charge is -2.28. The quantitative estimate of drug-likeness (QED) is 0.789. The van der Waals surface area contributed by atoms with E-state index in [1.807, 2.05) is 60.8 Å². The van der Waals surface area contributed by atoms with E-state index >= 15 is 0 Å². The van der Waals surface area contributed by atoms with Gasteiger partial charge in [-0.15, -0.1) is 5.10 Å². The van der Waals surface area contributed by atoms with Crippen LogP contribution in [0.5, 0.6) is 0 Å². The summed E-state index contributed by atoms with van der Waals surface area (Å²) in [5.74, 6) is 0.587. The molecule has 3 aromatic rings. The minimum atomic E-state index is -0.0838. The molecule has 1 amide bonds. The van der Waals surface area contributed by atoms with Gasteiger partial charge in [0.25, 0.3) is 5.91 Å². The van der Waals surface area contributed by atoms with E-state index < -0.39 is 0 Å². The smallest absolute Gasteiger partial charge is 0.267 e. The minimum absolute atomic E-state index is 0.0838. The summed E-state index contributed by atoms with van der Waals surface area (Å²) in [6.45, 7) is 2.12. The number of amides is 1. The van der Waals surface area contributed by atoms with Gasteiger partial charge in [0.2, 0.25) is 0 Å². The SMILES string of the molecule is Cc1cccc(N2NC(c3ccc(-c4csnn4)cc3)=NCC2=O)c1. The number of nitrogens with zero attached hydrogens (tertiary/aromatic N) is 4. The molecule has 2 heterocycles. The number of aromatic nitrogens is 2. The first-order valence-electron chi connectivity index (χ1n) is 7.79. The molecule has 0 atom stereocenters. The molecular formula is C18H15N5OS. The number of carbonyl (C=O) groups is 1. The molecule has 1 aliphatic rings. The predicted molar refractivity (Wildman–Crippen MR) is 98.5 cm³/mol. The number of hydrazine groups is 1. The third-order valence-corrected chi connectivity index (χ3v) is 4.42. The summed E-state index contributed by atoms with van der Waals surface area (Å²) in [5, 5.41) is 7.52. The van der Waals surface area contributed by atoms with E-state index in [9.17, 15) is 4.79 Å². The minimum Gasteiger partial charge on any atom is -0.274 e. The first-order chi connectivity index (χ1) is 12.2. The Balaban J connectivity index is 1.59. The van der Waals surface area contributed by atoms with Crippen molar-refractivity contribution in [1.82, 2.24) is 15.0 Å². The molecule has 0 unspecified atom stereocenters. The topological polar surface area (TPSA) is 70.5 Å². The molecule has 0 fully saturated rings. The number of carbonyl (C=O) groups excluding carboxylic acids is 1. The van der Waals surface area contributed by atoms with Gasteiger partial charge in [0.15, 0.2) is 0 Å². The number of aliphatic imine (C=N–C) groups is 1. The molecule has 2 aromatic carbocycles. The number of hydrogen-bond acceptors (Lipinski definition) is 6. The Hall–Kier alpha value is -3.06. The van der Waals surface area contributed by atoms with Crippen LogP contribution in [0.15, 0.2) is 58.9 Å². The largest absolute Gasteiger partial charge is 0.274 e. The van der Waals surface area contributed by atoms with Crippen molar-refractivity contribution < 1.29 is 4.79 Å². The molecule has 0 spiro atoms. The standard InChI is InChI=1S/C18H15N5OS/c1-12-3-2-4-15(9-12)23-17(24)10-19-18(21-23)14-7-5-13(6-8-14)16-11-25-22-20-16/h2-9,11H,10H2,1H3,(H,19,21). The molecule has 1 N–H and O–H groups in total. The maximum absolute atomic E-state index is 12.2. The zero-order chi connectivity index (χ0) is 17.2. The van der Waals surface area contributed by atoms with Crippen LogP contribution in [0, 0.1) is 6.92 Å². The monoisotopic (exact) mass is 349 g/mol. The predicted octanol–water partition coefficient (Wildman–Crippen LogP) is 2.81. The number of nitrogens with one attached hydrogen (secondary N) is 1. The highest BCUT2D eigenvalue weighted by Gasteiger charge is 2.22. The number of rotatable bonds is 3. The highest BCUT2D eigenvalue weighted by Crippen LogP contribution is 2.20. The van der Waals surface area contributed by atoms with Crippen molar-refractivity contribution in [2.24, 2.45) is 4.99 Å². The van der Waals surface area contributed by atoms with Crippen molar-refractivity contribution in [1.29, 1.82) is 0 Å². The van der Waals surface area contributed by atoms with Crippen LogP contribution in [0.4, 0.5) is 5.69 Å². The van der Waals surface area contributed by atoms with Gasteiger partial charge in [0.05, 0.1) is 5.69 Å². The maximum atomic E-state index is 12.2. The molecule has 0 saturated carbocycles. The van der Waals surface area contributed by atoms with E-state index in [0.717, 1.165) is 28.1 Å². The zero-order valence-electron chi connectivity index (χ0n) is 13.5. The first kappa shape index (κ1) is 15.5. The van der Waals surface area contributed by atoms with Gasteiger partial charge in [-0.05, 0) is 36.2 Å². The molecule has 0 aliphatic carbocycles. The summed E-state index contributed by atoms with van der Waals surface area (Å²) in [6.07, 6.45) is 0. The Labute approximate surface area is 149 Å². The van der Waals surface area contributed by atoms with Crippen molar-refractivity contribution in [3.63, 3.8) is 0 Å². The first-order valence-corrected chi connectivity index (χ1v) is 8.63. The molecule has 25 heavy (non-hydrogen) atoms. The van der Waals surface area contributed by atoms with Crippen LogP contribution >= 0.6 is 11.5 Å². The summed E-state index contributed by atoms with van der Waals surface area (Å²) >= 11 is 1.32. The molecule has 1 aromatic heterocycles. The van der Waals surface area contributed by atoms with E-state index in [-0.39, 0.29) is 12.5 Å². The Morgan fingerprint density at radius 3 is 2.64 bits per heavy atom. The van der Waals surface area contributed by atoms with Crippen LogP contribution in [0.2, 0.25) is 0 Å². The van der Waals surface area contributed by atoms with Crippen molar-refractivity contribution in [3.05, 3.63) is 65.0 Å². The van der Waals surface area contributed by atoms with E-state index in [4.69, 9.17) is 0 Å². The third kappa shape index (κ3) is 3.14. The summed E-state index contributed by atoms with van der Waals surface area (Å²) in [7, 11) is 0. The van der Waals surface area contributed by atoms with Gasteiger partial charge in [-0.1, -0.05) is 40.9 Å². The lowest BCUT2D eigenvalue weighted by atomic mass is 10.1. The number of amidine groups is 1. The lowest BCUT2D eigenvalue weighted by molar-refractivity contribution is -0.117. The highest BCUT2D eigenvalue weighted by molar-refractivity contribution is 7.03. The second kappa shape index (κ2) is 6.45. The normalized spacial score (nSPS) is 14.2. The molecule has 0 radical (unpaired) electrons. The maximum Gasteiger partial charge on any atom is 0.267 e. The fraction of sp³-hybridized carbons (Fsp3) is 0.111. The molecule has 0 bridgehead atoms. The molecule has 0 saturated heterocycles. The Morgan fingerprint density at radius 1 is 1.12 bits per heavy atom. The van der Waals surface area contributed by atoms with E-state index in [1.165, 1.54) is 11.5 Å². The van der Waals surface area contributed by atoms with Gasteiger partial charge >= 0.3 is 0 Å². The van der Waals surface area contributed by atoms with Crippen molar-refractivity contribution in [2.75, 3.05) is 11.6 Å². The van der Waals surface area contributed by atoms with Crippen LogP contribution in [0.25, 0.3) is 11.3 Å². The second-order valence-corrected chi connectivity index (χ2v) is 6.32. The van der Waals surface area contributed by atoms with Crippen molar-refractivity contribution in [3.8, 4) is 11.3 Å². The van der Waals surface area contributed by atoms with E-state index in [1.54, 1.807) is 5.01 Å². The van der Waals surface area contributed by atoms with Crippen LogP contribution < -0.4 is 10.4 Å². The van der Waals surface area contributed by atoms with Crippen LogP contribution in [0.3, 0.4) is 0 Å². The van der Waals surface area contributed by atoms with E-state index in [2.05, 4.69) is 20.0 Å². The lowest BCUT2D eigenvalue weighted by Crippen LogP contribution is -2.51. The van der Waals surface area contributed by atoms with Crippen LogP contribution in [-0.2, 0) is 4.79 Å². The number of hydrogen-bond donors (Lipinski definition) is 1. The van der Waals surface area contributed by atoms with Crippen LogP contribution in [-0.4, -0.2) is 27.9 Å². The van der Waals surface area contributed by atoms with Crippen molar-refractivity contribution >= 4 is 29.0 Å². The Bertz CT molecular complexity index is 934. The molecule has 7 heteroatoms. The van der Waals surface area contributed by atoms with Gasteiger partial charge in [-0.3, -0.25) is 15.2 Å². The third-order valence-electron chi connectivity index (χ3n) is 3.91. The fourth-order valence-electron chi connectivity index (χ4n) is 2.64. The molecule has 124 valence electrons. The summed E-state index contributed by atoms with van der Waals surface area (Å²) in [5.41, 5.74) is 7.80. The van der Waals surface area contributed by atoms with Gasteiger partial charge in [-0.2, -0.15) is 0 Å². The summed E-state index contributed by atoms with van der Waals surface area (Å²) in [4.78, 5) is 16.6. The van der Waals surface area contributed by atoms with Gasteiger partial charge in [-0.25, -0.2) is 5.01 Å². The van der Waals surface area contributed by atoms with Gasteiger partial charge in [0.1, 0.15) is 18.1 Å². The van der Waals surface area contributed by atoms with Gasteiger partial charge < -0.3 is 0 Å². The average molecular weight is 349 g/mol. The number of aryl methyl sites for hydroxylation is 1. The number of benzene rings is 2. The Morgan fingerprint density at radius 2 is 1.92 bits per heavy atom. The van der Waals surface area contributed by atoms with Gasteiger partial charge in [0, 0.05) is 16.5 Å². The number of anilines is 1. The molecule has 6 nitrogen and oxygen atoms in total. The summed E-state index contributed by atoms with van der Waals surface area (Å²) in [6, 6.07) is 15.7. The van der Waals surface area contributed by atoms with Crippen LogP contribution in [0.1, 0.15) is 11.1 Å². The zero-order valence-corrected chi connectivity index (χ0v) is 14.3. The molecule has 1 aliphatic heterocycles. The van der Waals surface area contributed by atoms with Crippen molar-refractivity contribution in [2.45, 2.75) is 6.92 Å². The highest BCUT2D eigenvalue weighted by atomic mass is 32.1. The summed E-state index contributed by atoms with van der Waals surface area (Å²) < 4.78 is 3.88. The average Bonchev–Trinajstić information content (AvgIpc) is 3.17. The molecular weight excluding hydrogens is 334 g/mol. The Kier molecular flexibility index (Phi) is 3.99. The van der Waals surface area contributed by atoms with E-state index in [0.29, 0.717) is 5.84 Å².